The van der Waals surface area contributed by atoms with Crippen molar-refractivity contribution in [1.82, 2.24) is 4.98 Å². The summed E-state index contributed by atoms with van der Waals surface area (Å²) in [7, 11) is 0. The van der Waals surface area contributed by atoms with Crippen LogP contribution in [0, 0.1) is 12.9 Å². The van der Waals surface area contributed by atoms with Crippen molar-refractivity contribution in [3.05, 3.63) is 29.3 Å². The molecule has 14 heavy (non-hydrogen) atoms. The third kappa shape index (κ3) is 2.77. The van der Waals surface area contributed by atoms with Gasteiger partial charge in [0.05, 0.1) is 0 Å². The summed E-state index contributed by atoms with van der Waals surface area (Å²) in [5.41, 5.74) is 7.63. The number of hydrogen-bond donors (Lipinski definition) is 1. The van der Waals surface area contributed by atoms with E-state index < -0.39 is 5.95 Å². The highest BCUT2D eigenvalue weighted by molar-refractivity contribution is 5.22. The number of pyridine rings is 1. The van der Waals surface area contributed by atoms with Gasteiger partial charge in [-0.25, -0.2) is 4.98 Å². The first kappa shape index (κ1) is 11.1. The Bertz CT molecular complexity index is 299. The lowest BCUT2D eigenvalue weighted by molar-refractivity contribution is 0.564. The van der Waals surface area contributed by atoms with Gasteiger partial charge in [-0.2, -0.15) is 4.39 Å². The third-order valence-corrected chi connectivity index (χ3v) is 2.36. The van der Waals surface area contributed by atoms with E-state index in [-0.39, 0.29) is 6.04 Å². The maximum Gasteiger partial charge on any atom is 0.213 e. The summed E-state index contributed by atoms with van der Waals surface area (Å²) in [6.07, 6.45) is 3.16. The molecule has 78 valence electrons. The van der Waals surface area contributed by atoms with Gasteiger partial charge in [0.25, 0.3) is 0 Å². The van der Waals surface area contributed by atoms with Gasteiger partial charge in [0.2, 0.25) is 5.95 Å². The quantitative estimate of drug-likeness (QED) is 0.752. The largest absolute Gasteiger partial charge is 0.324 e. The molecule has 0 aromatic carbocycles. The Morgan fingerprint density at radius 2 is 2.21 bits per heavy atom. The van der Waals surface area contributed by atoms with E-state index in [1.807, 2.05) is 0 Å². The molecule has 0 bridgehead atoms. The molecule has 1 rings (SSSR count). The van der Waals surface area contributed by atoms with Crippen LogP contribution in [0.25, 0.3) is 0 Å². The fraction of sp³-hybridized carbons (Fsp3) is 0.545. The second kappa shape index (κ2) is 5.05. The first-order chi connectivity index (χ1) is 6.65. The minimum absolute atomic E-state index is 0.0111. The summed E-state index contributed by atoms with van der Waals surface area (Å²) in [6, 6.07) is 3.09. The van der Waals surface area contributed by atoms with Crippen molar-refractivity contribution in [2.24, 2.45) is 5.73 Å². The van der Waals surface area contributed by atoms with E-state index in [1.54, 1.807) is 13.0 Å². The van der Waals surface area contributed by atoms with E-state index in [0.717, 1.165) is 24.8 Å². The molecule has 0 fully saturated rings. The monoisotopic (exact) mass is 196 g/mol. The normalized spacial score (nSPS) is 12.9. The van der Waals surface area contributed by atoms with Crippen molar-refractivity contribution < 1.29 is 4.39 Å². The number of rotatable bonds is 4. The Balaban J connectivity index is 2.74. The van der Waals surface area contributed by atoms with Crippen LogP contribution in [0.4, 0.5) is 4.39 Å². The van der Waals surface area contributed by atoms with Crippen LogP contribution in [0.15, 0.2) is 12.1 Å². The van der Waals surface area contributed by atoms with Crippen molar-refractivity contribution in [3.63, 3.8) is 0 Å². The van der Waals surface area contributed by atoms with E-state index in [2.05, 4.69) is 11.9 Å². The van der Waals surface area contributed by atoms with Crippen LogP contribution in [-0.4, -0.2) is 4.98 Å². The molecule has 1 heterocycles. The molecule has 1 unspecified atom stereocenters. The average molecular weight is 196 g/mol. The predicted molar refractivity (Wildman–Crippen MR) is 55.4 cm³/mol. The molecule has 1 aromatic rings. The highest BCUT2D eigenvalue weighted by Crippen LogP contribution is 2.19. The standard InChI is InChI=1S/C11H17FN2/c1-3-4-5-10(13)9-6-7-11(12)14-8(9)2/h6-7,10H,3-5,13H2,1-2H3. The highest BCUT2D eigenvalue weighted by Gasteiger charge is 2.09. The van der Waals surface area contributed by atoms with Crippen LogP contribution in [-0.2, 0) is 0 Å². The molecule has 0 saturated carbocycles. The molecule has 3 heteroatoms. The smallest absolute Gasteiger partial charge is 0.213 e. The Hall–Kier alpha value is -0.960. The topological polar surface area (TPSA) is 38.9 Å². The second-order valence-electron chi connectivity index (χ2n) is 3.56. The first-order valence-corrected chi connectivity index (χ1v) is 5.03. The lowest BCUT2D eigenvalue weighted by Gasteiger charge is -2.13. The summed E-state index contributed by atoms with van der Waals surface area (Å²) < 4.78 is 12.7. The summed E-state index contributed by atoms with van der Waals surface area (Å²) in [6.45, 7) is 3.92. The van der Waals surface area contributed by atoms with Crippen molar-refractivity contribution in [3.8, 4) is 0 Å². The lowest BCUT2D eigenvalue weighted by Crippen LogP contribution is -2.12. The van der Waals surface area contributed by atoms with Crippen LogP contribution >= 0.6 is 0 Å². The Labute approximate surface area is 84.3 Å². The lowest BCUT2D eigenvalue weighted by atomic mass is 10.0. The summed E-state index contributed by atoms with van der Waals surface area (Å²) in [5, 5.41) is 0. The maximum atomic E-state index is 12.7. The molecule has 0 spiro atoms. The van der Waals surface area contributed by atoms with E-state index in [4.69, 9.17) is 5.73 Å². The molecule has 0 radical (unpaired) electrons. The van der Waals surface area contributed by atoms with Crippen LogP contribution in [0.5, 0.6) is 0 Å². The maximum absolute atomic E-state index is 12.7. The van der Waals surface area contributed by atoms with Gasteiger partial charge in [-0.05, 0) is 25.0 Å². The van der Waals surface area contributed by atoms with Crippen LogP contribution in [0.1, 0.15) is 43.5 Å². The van der Waals surface area contributed by atoms with Gasteiger partial charge in [0.1, 0.15) is 0 Å². The van der Waals surface area contributed by atoms with Gasteiger partial charge >= 0.3 is 0 Å². The zero-order valence-corrected chi connectivity index (χ0v) is 8.76. The van der Waals surface area contributed by atoms with Crippen LogP contribution < -0.4 is 5.73 Å². The number of aryl methyl sites for hydroxylation is 1. The molecular formula is C11H17FN2. The van der Waals surface area contributed by atoms with Crippen molar-refractivity contribution in [2.45, 2.75) is 39.2 Å². The molecular weight excluding hydrogens is 179 g/mol. The minimum atomic E-state index is -0.436. The van der Waals surface area contributed by atoms with Gasteiger partial charge in [-0.3, -0.25) is 0 Å². The number of hydrogen-bond acceptors (Lipinski definition) is 2. The van der Waals surface area contributed by atoms with Crippen molar-refractivity contribution in [2.75, 3.05) is 0 Å². The molecule has 1 atom stereocenters. The van der Waals surface area contributed by atoms with Gasteiger partial charge < -0.3 is 5.73 Å². The number of unbranched alkanes of at least 4 members (excludes halogenated alkanes) is 1. The van der Waals surface area contributed by atoms with Gasteiger partial charge in [0, 0.05) is 11.7 Å². The van der Waals surface area contributed by atoms with E-state index >= 15 is 0 Å². The molecule has 2 N–H and O–H groups in total. The van der Waals surface area contributed by atoms with Gasteiger partial charge in [0.15, 0.2) is 0 Å². The Morgan fingerprint density at radius 1 is 1.50 bits per heavy atom. The molecule has 0 saturated heterocycles. The fourth-order valence-electron chi connectivity index (χ4n) is 1.51. The molecule has 0 aliphatic heterocycles. The summed E-state index contributed by atoms with van der Waals surface area (Å²) in [5.74, 6) is -0.436. The van der Waals surface area contributed by atoms with Gasteiger partial charge in [-0.15, -0.1) is 0 Å². The minimum Gasteiger partial charge on any atom is -0.324 e. The van der Waals surface area contributed by atoms with Gasteiger partial charge in [-0.1, -0.05) is 25.8 Å². The Morgan fingerprint density at radius 3 is 2.79 bits per heavy atom. The van der Waals surface area contributed by atoms with Crippen LogP contribution in [0.2, 0.25) is 0 Å². The molecule has 2 nitrogen and oxygen atoms in total. The number of aromatic nitrogens is 1. The molecule has 0 aliphatic carbocycles. The van der Waals surface area contributed by atoms with E-state index in [9.17, 15) is 4.39 Å². The Kier molecular flexibility index (Phi) is 4.01. The fourth-order valence-corrected chi connectivity index (χ4v) is 1.51. The molecule has 1 aromatic heterocycles. The average Bonchev–Trinajstić information content (AvgIpc) is 2.14. The van der Waals surface area contributed by atoms with Crippen molar-refractivity contribution >= 4 is 0 Å². The zero-order chi connectivity index (χ0) is 10.6. The number of nitrogens with zero attached hydrogens (tertiary/aromatic N) is 1. The SMILES string of the molecule is CCCCC(N)c1ccc(F)nc1C. The zero-order valence-electron chi connectivity index (χ0n) is 8.76. The van der Waals surface area contributed by atoms with E-state index in [1.165, 1.54) is 6.07 Å². The van der Waals surface area contributed by atoms with Crippen LogP contribution in [0.3, 0.4) is 0 Å². The first-order valence-electron chi connectivity index (χ1n) is 5.03. The van der Waals surface area contributed by atoms with E-state index in [0.29, 0.717) is 5.69 Å². The summed E-state index contributed by atoms with van der Waals surface area (Å²) >= 11 is 0. The molecule has 0 aliphatic rings. The molecule has 0 amide bonds. The third-order valence-electron chi connectivity index (χ3n) is 2.36. The second-order valence-corrected chi connectivity index (χ2v) is 3.56. The number of halogens is 1. The highest BCUT2D eigenvalue weighted by atomic mass is 19.1. The summed E-state index contributed by atoms with van der Waals surface area (Å²) in [4.78, 5) is 3.76. The predicted octanol–water partition coefficient (Wildman–Crippen LogP) is 2.72. The van der Waals surface area contributed by atoms with Crippen molar-refractivity contribution in [1.29, 1.82) is 0 Å². The number of nitrogens with two attached hydrogens (primary N) is 1.